The van der Waals surface area contributed by atoms with E-state index in [4.69, 9.17) is 14.5 Å². The van der Waals surface area contributed by atoms with E-state index in [9.17, 15) is 0 Å². The summed E-state index contributed by atoms with van der Waals surface area (Å²) in [5.74, 6) is 0.583. The molecule has 0 spiro atoms. The van der Waals surface area contributed by atoms with Gasteiger partial charge in [0.2, 0.25) is 5.88 Å². The maximum Gasteiger partial charge on any atom is 0.240 e. The van der Waals surface area contributed by atoms with Crippen molar-refractivity contribution in [3.8, 4) is 27.0 Å². The Hall–Kier alpha value is -2.64. The molecular formula is C19H18N4O2S. The van der Waals surface area contributed by atoms with Crippen molar-refractivity contribution in [2.24, 2.45) is 0 Å². The zero-order valence-corrected chi connectivity index (χ0v) is 15.2. The van der Waals surface area contributed by atoms with Crippen LogP contribution in [0.4, 0.5) is 0 Å². The zero-order valence-electron chi connectivity index (χ0n) is 14.4. The Morgan fingerprint density at radius 1 is 1.27 bits per heavy atom. The molecule has 0 radical (unpaired) electrons. The second kappa shape index (κ2) is 7.72. The highest BCUT2D eigenvalue weighted by molar-refractivity contribution is 7.18. The number of hydrogen-bond donors (Lipinski definition) is 0. The summed E-state index contributed by atoms with van der Waals surface area (Å²) in [6, 6.07) is 3.90. The number of thiazole rings is 1. The van der Waals surface area contributed by atoms with Crippen molar-refractivity contribution in [1.82, 2.24) is 19.9 Å². The van der Waals surface area contributed by atoms with Crippen molar-refractivity contribution < 1.29 is 9.47 Å². The molecule has 0 saturated heterocycles. The van der Waals surface area contributed by atoms with Crippen LogP contribution in [0.1, 0.15) is 19.0 Å². The lowest BCUT2D eigenvalue weighted by Crippen LogP contribution is -2.12. The van der Waals surface area contributed by atoms with E-state index in [2.05, 4.69) is 21.0 Å². The van der Waals surface area contributed by atoms with Crippen LogP contribution in [0.2, 0.25) is 0 Å². The van der Waals surface area contributed by atoms with Crippen LogP contribution in [0.3, 0.4) is 0 Å². The molecule has 0 amide bonds. The average molecular weight is 366 g/mol. The number of rotatable bonds is 5. The predicted molar refractivity (Wildman–Crippen MR) is 101 cm³/mol. The molecule has 4 heterocycles. The summed E-state index contributed by atoms with van der Waals surface area (Å²) in [6.45, 7) is 3.86. The summed E-state index contributed by atoms with van der Waals surface area (Å²) >= 11 is 1.57. The van der Waals surface area contributed by atoms with Crippen LogP contribution in [0.25, 0.3) is 26.7 Å². The summed E-state index contributed by atoms with van der Waals surface area (Å²) in [4.78, 5) is 18.9. The molecule has 0 saturated carbocycles. The van der Waals surface area contributed by atoms with Crippen molar-refractivity contribution in [2.45, 2.75) is 13.3 Å². The molecule has 3 aromatic rings. The third-order valence-corrected chi connectivity index (χ3v) is 5.04. The van der Waals surface area contributed by atoms with Crippen molar-refractivity contribution in [1.29, 1.82) is 0 Å². The normalized spacial score (nSPS) is 14.9. The lowest BCUT2D eigenvalue weighted by molar-refractivity contribution is 0.177. The summed E-state index contributed by atoms with van der Waals surface area (Å²) in [6.07, 6.45) is 10.0. The van der Waals surface area contributed by atoms with E-state index < -0.39 is 0 Å². The van der Waals surface area contributed by atoms with Crippen LogP contribution in [-0.4, -0.2) is 39.8 Å². The van der Waals surface area contributed by atoms with Gasteiger partial charge in [0.15, 0.2) is 0 Å². The lowest BCUT2D eigenvalue weighted by Gasteiger charge is -2.18. The quantitative estimate of drug-likeness (QED) is 0.639. The SMILES string of the molecule is CCOC/C=C1/CCOc2ncc(-c3cnc(-c4cccnc4)s3)nc21. The van der Waals surface area contributed by atoms with Gasteiger partial charge in [-0.25, -0.2) is 15.0 Å². The summed E-state index contributed by atoms with van der Waals surface area (Å²) < 4.78 is 11.1. The first-order valence-corrected chi connectivity index (χ1v) is 9.30. The fraction of sp³-hybridized carbons (Fsp3) is 0.263. The Labute approximate surface area is 155 Å². The molecule has 0 fully saturated rings. The smallest absolute Gasteiger partial charge is 0.240 e. The van der Waals surface area contributed by atoms with E-state index in [1.807, 2.05) is 31.5 Å². The summed E-state index contributed by atoms with van der Waals surface area (Å²) in [5.41, 5.74) is 3.70. The summed E-state index contributed by atoms with van der Waals surface area (Å²) in [7, 11) is 0. The van der Waals surface area contributed by atoms with Crippen LogP contribution in [-0.2, 0) is 4.74 Å². The molecule has 26 heavy (non-hydrogen) atoms. The molecule has 1 aliphatic heterocycles. The lowest BCUT2D eigenvalue weighted by atomic mass is 10.1. The van der Waals surface area contributed by atoms with Crippen molar-refractivity contribution >= 4 is 16.9 Å². The van der Waals surface area contributed by atoms with Gasteiger partial charge < -0.3 is 9.47 Å². The van der Waals surface area contributed by atoms with Crippen LogP contribution >= 0.6 is 11.3 Å². The van der Waals surface area contributed by atoms with Gasteiger partial charge >= 0.3 is 0 Å². The molecule has 3 aromatic heterocycles. The third-order valence-electron chi connectivity index (χ3n) is 3.97. The number of fused-ring (bicyclic) bond motifs is 1. The number of hydrogen-bond acceptors (Lipinski definition) is 7. The molecule has 0 atom stereocenters. The maximum absolute atomic E-state index is 5.65. The number of pyridine rings is 1. The average Bonchev–Trinajstić information content (AvgIpc) is 3.19. The standard InChI is InChI=1S/C19H18N4O2S/c1-2-24-8-5-13-6-9-25-18-17(13)23-15(11-21-18)16-12-22-19(26-16)14-4-3-7-20-10-14/h3-5,7,10-12H,2,6,8-9H2,1H3/b13-5-. The Bertz CT molecular complexity index is 924. The molecule has 1 aliphatic rings. The van der Waals surface area contributed by atoms with E-state index >= 15 is 0 Å². The van der Waals surface area contributed by atoms with E-state index in [0.717, 1.165) is 38.8 Å². The van der Waals surface area contributed by atoms with E-state index in [-0.39, 0.29) is 0 Å². The molecule has 4 rings (SSSR count). The molecule has 0 N–H and O–H groups in total. The molecule has 0 aliphatic carbocycles. The fourth-order valence-corrected chi connectivity index (χ4v) is 3.54. The first kappa shape index (κ1) is 16.8. The Morgan fingerprint density at radius 3 is 3.08 bits per heavy atom. The molecule has 0 bridgehead atoms. The van der Waals surface area contributed by atoms with Crippen molar-refractivity contribution in [2.75, 3.05) is 19.8 Å². The van der Waals surface area contributed by atoms with Crippen molar-refractivity contribution in [3.05, 3.63) is 48.7 Å². The second-order valence-electron chi connectivity index (χ2n) is 5.67. The van der Waals surface area contributed by atoms with Crippen molar-refractivity contribution in [3.63, 3.8) is 0 Å². The Balaban J connectivity index is 1.66. The molecule has 7 heteroatoms. The van der Waals surface area contributed by atoms with Crippen LogP contribution < -0.4 is 4.74 Å². The van der Waals surface area contributed by atoms with Gasteiger partial charge in [-0.05, 0) is 24.6 Å². The fourth-order valence-electron chi connectivity index (χ4n) is 2.68. The monoisotopic (exact) mass is 366 g/mol. The largest absolute Gasteiger partial charge is 0.476 e. The van der Waals surface area contributed by atoms with Gasteiger partial charge in [-0.3, -0.25) is 4.98 Å². The summed E-state index contributed by atoms with van der Waals surface area (Å²) in [5, 5.41) is 0.913. The van der Waals surface area contributed by atoms with Gasteiger partial charge in [0, 0.05) is 37.2 Å². The highest BCUT2D eigenvalue weighted by atomic mass is 32.1. The van der Waals surface area contributed by atoms with Gasteiger partial charge in [-0.2, -0.15) is 0 Å². The molecule has 0 aromatic carbocycles. The minimum absolute atomic E-state index is 0.572. The minimum atomic E-state index is 0.572. The molecule has 132 valence electrons. The first-order chi connectivity index (χ1) is 12.8. The predicted octanol–water partition coefficient (Wildman–Crippen LogP) is 3.86. The molecule has 6 nitrogen and oxygen atoms in total. The third kappa shape index (κ3) is 3.49. The van der Waals surface area contributed by atoms with E-state index in [1.165, 1.54) is 0 Å². The number of aromatic nitrogens is 4. The topological polar surface area (TPSA) is 70.0 Å². The van der Waals surface area contributed by atoms with E-state index in [1.54, 1.807) is 23.7 Å². The van der Waals surface area contributed by atoms with Gasteiger partial charge in [0.25, 0.3) is 0 Å². The second-order valence-corrected chi connectivity index (χ2v) is 6.70. The van der Waals surface area contributed by atoms with Crippen LogP contribution in [0, 0.1) is 0 Å². The minimum Gasteiger partial charge on any atom is -0.476 e. The maximum atomic E-state index is 5.65. The zero-order chi connectivity index (χ0) is 17.8. The molecule has 0 unspecified atom stereocenters. The van der Waals surface area contributed by atoms with E-state index in [0.29, 0.717) is 25.7 Å². The van der Waals surface area contributed by atoms with Crippen LogP contribution in [0.15, 0.2) is 43.0 Å². The Morgan fingerprint density at radius 2 is 2.23 bits per heavy atom. The van der Waals surface area contributed by atoms with Gasteiger partial charge in [-0.15, -0.1) is 11.3 Å². The first-order valence-electron chi connectivity index (χ1n) is 8.48. The highest BCUT2D eigenvalue weighted by Crippen LogP contribution is 2.34. The highest BCUT2D eigenvalue weighted by Gasteiger charge is 2.20. The Kier molecular flexibility index (Phi) is 4.99. The molecular weight excluding hydrogens is 348 g/mol. The number of nitrogens with zero attached hydrogens (tertiary/aromatic N) is 4. The van der Waals surface area contributed by atoms with Gasteiger partial charge in [0.05, 0.1) is 24.3 Å². The van der Waals surface area contributed by atoms with Crippen LogP contribution in [0.5, 0.6) is 5.88 Å². The van der Waals surface area contributed by atoms with Gasteiger partial charge in [-0.1, -0.05) is 6.08 Å². The van der Waals surface area contributed by atoms with Gasteiger partial charge in [0.1, 0.15) is 16.4 Å². The number of ether oxygens (including phenoxy) is 2.